The van der Waals surface area contributed by atoms with Crippen molar-refractivity contribution >= 4 is 15.9 Å². The van der Waals surface area contributed by atoms with Gasteiger partial charge in [-0.2, -0.15) is 0 Å². The predicted molar refractivity (Wildman–Crippen MR) is 127 cm³/mol. The monoisotopic (exact) mass is 467 g/mol. The van der Waals surface area contributed by atoms with E-state index in [1.807, 2.05) is 0 Å². The van der Waals surface area contributed by atoms with Crippen LogP contribution in [0.15, 0.2) is 46.9 Å². The van der Waals surface area contributed by atoms with Crippen LogP contribution in [0.2, 0.25) is 0 Å². The minimum atomic E-state index is 0.304. The van der Waals surface area contributed by atoms with Crippen LogP contribution < -0.4 is 10.1 Å². The summed E-state index contributed by atoms with van der Waals surface area (Å²) in [5.74, 6) is 1.90. The van der Waals surface area contributed by atoms with Gasteiger partial charge in [0.1, 0.15) is 12.4 Å². The standard InChI is InChI=1S/C27H34BrNO/c1-19-6-4-5-7-21(19)15-30-24-9-8-23(28)10-22(24)14-29-27-13-20-11-25(2,17-27)16-26(3,12-20)18-27/h4-10,20,29H,11-18H2,1-3H3. The molecule has 2 aromatic carbocycles. The molecule has 30 heavy (non-hydrogen) atoms. The van der Waals surface area contributed by atoms with E-state index in [2.05, 4.69) is 84.5 Å². The molecule has 4 aliphatic carbocycles. The first kappa shape index (κ1) is 20.6. The normalized spacial score (nSPS) is 34.3. The van der Waals surface area contributed by atoms with Gasteiger partial charge in [-0.3, -0.25) is 0 Å². The first-order valence-electron chi connectivity index (χ1n) is 11.5. The molecule has 2 aromatic rings. The number of hydrogen-bond donors (Lipinski definition) is 1. The van der Waals surface area contributed by atoms with E-state index >= 15 is 0 Å². The number of nitrogens with one attached hydrogen (secondary N) is 1. The van der Waals surface area contributed by atoms with Gasteiger partial charge in [0.15, 0.2) is 0 Å². The van der Waals surface area contributed by atoms with E-state index in [0.29, 0.717) is 23.0 Å². The van der Waals surface area contributed by atoms with Crippen LogP contribution in [0, 0.1) is 23.7 Å². The Morgan fingerprint density at radius 2 is 1.70 bits per heavy atom. The van der Waals surface area contributed by atoms with Gasteiger partial charge < -0.3 is 10.1 Å². The lowest BCUT2D eigenvalue weighted by molar-refractivity contribution is -0.118. The molecule has 4 fully saturated rings. The highest BCUT2D eigenvalue weighted by molar-refractivity contribution is 9.10. The zero-order valence-corrected chi connectivity index (χ0v) is 20.1. The molecule has 0 radical (unpaired) electrons. The van der Waals surface area contributed by atoms with Crippen molar-refractivity contribution in [1.29, 1.82) is 0 Å². The predicted octanol–water partition coefficient (Wildman–Crippen LogP) is 7.18. The number of aryl methyl sites for hydroxylation is 1. The third-order valence-corrected chi connectivity index (χ3v) is 8.44. The van der Waals surface area contributed by atoms with Crippen molar-refractivity contribution in [3.63, 3.8) is 0 Å². The van der Waals surface area contributed by atoms with Gasteiger partial charge in [0.25, 0.3) is 0 Å². The molecule has 2 unspecified atom stereocenters. The van der Waals surface area contributed by atoms with Crippen molar-refractivity contribution in [1.82, 2.24) is 5.32 Å². The molecule has 0 aliphatic heterocycles. The average molecular weight is 468 g/mol. The van der Waals surface area contributed by atoms with E-state index in [1.165, 1.54) is 55.2 Å². The Morgan fingerprint density at radius 3 is 2.40 bits per heavy atom. The van der Waals surface area contributed by atoms with Crippen LogP contribution in [0.4, 0.5) is 0 Å². The number of rotatable bonds is 6. The van der Waals surface area contributed by atoms with Gasteiger partial charge in [0.2, 0.25) is 0 Å². The molecule has 0 aromatic heterocycles. The second-order valence-electron chi connectivity index (χ2n) is 11.2. The maximum atomic E-state index is 6.31. The van der Waals surface area contributed by atoms with Gasteiger partial charge in [-0.15, -0.1) is 0 Å². The van der Waals surface area contributed by atoms with Gasteiger partial charge in [0.05, 0.1) is 0 Å². The number of benzene rings is 2. The number of ether oxygens (including phenoxy) is 1. The van der Waals surface area contributed by atoms with Crippen molar-refractivity contribution in [2.45, 2.75) is 78.0 Å². The Bertz CT molecular complexity index is 936. The van der Waals surface area contributed by atoms with Crippen LogP contribution in [-0.2, 0) is 13.2 Å². The van der Waals surface area contributed by atoms with Crippen LogP contribution >= 0.6 is 15.9 Å². The maximum Gasteiger partial charge on any atom is 0.124 e. The van der Waals surface area contributed by atoms with E-state index in [9.17, 15) is 0 Å². The molecule has 0 spiro atoms. The van der Waals surface area contributed by atoms with E-state index in [0.717, 1.165) is 22.7 Å². The summed E-state index contributed by atoms with van der Waals surface area (Å²) < 4.78 is 7.43. The van der Waals surface area contributed by atoms with Gasteiger partial charge >= 0.3 is 0 Å². The Balaban J connectivity index is 1.33. The minimum absolute atomic E-state index is 0.304. The maximum absolute atomic E-state index is 6.31. The summed E-state index contributed by atoms with van der Waals surface area (Å²) in [5.41, 5.74) is 5.15. The zero-order chi connectivity index (χ0) is 21.0. The average Bonchev–Trinajstić information content (AvgIpc) is 2.64. The summed E-state index contributed by atoms with van der Waals surface area (Å²) in [5, 5.41) is 4.07. The molecule has 1 N–H and O–H groups in total. The molecular formula is C27H34BrNO. The van der Waals surface area contributed by atoms with Gasteiger partial charge in [-0.05, 0) is 91.5 Å². The second kappa shape index (κ2) is 7.38. The zero-order valence-electron chi connectivity index (χ0n) is 18.6. The third-order valence-electron chi connectivity index (χ3n) is 7.95. The fourth-order valence-corrected chi connectivity index (χ4v) is 8.09. The van der Waals surface area contributed by atoms with Crippen LogP contribution in [0.5, 0.6) is 5.75 Å². The van der Waals surface area contributed by atoms with Gasteiger partial charge in [-0.1, -0.05) is 54.0 Å². The Hall–Kier alpha value is -1.32. The molecular weight excluding hydrogens is 434 g/mol. The molecule has 4 saturated carbocycles. The molecule has 3 heteroatoms. The highest BCUT2D eigenvalue weighted by Crippen LogP contribution is 2.66. The van der Waals surface area contributed by atoms with Crippen LogP contribution in [0.1, 0.15) is 69.1 Å². The number of hydrogen-bond acceptors (Lipinski definition) is 2. The molecule has 4 aliphatic rings. The fourth-order valence-electron chi connectivity index (χ4n) is 7.68. The summed E-state index contributed by atoms with van der Waals surface area (Å²) >= 11 is 3.67. The largest absolute Gasteiger partial charge is 0.489 e. The summed E-state index contributed by atoms with van der Waals surface area (Å²) in [7, 11) is 0. The summed E-state index contributed by atoms with van der Waals surface area (Å²) in [6, 6.07) is 14.9. The molecule has 6 rings (SSSR count). The Labute approximate surface area is 189 Å². The van der Waals surface area contributed by atoms with Gasteiger partial charge in [0, 0.05) is 22.1 Å². The van der Waals surface area contributed by atoms with E-state index in [-0.39, 0.29) is 0 Å². The topological polar surface area (TPSA) is 21.3 Å². The van der Waals surface area contributed by atoms with Crippen molar-refractivity contribution in [3.8, 4) is 5.75 Å². The van der Waals surface area contributed by atoms with Crippen LogP contribution in [-0.4, -0.2) is 5.54 Å². The minimum Gasteiger partial charge on any atom is -0.489 e. The molecule has 0 amide bonds. The van der Waals surface area contributed by atoms with Crippen molar-refractivity contribution in [2.75, 3.05) is 0 Å². The lowest BCUT2D eigenvalue weighted by Gasteiger charge is -2.65. The lowest BCUT2D eigenvalue weighted by atomic mass is 9.43. The first-order valence-corrected chi connectivity index (χ1v) is 12.3. The van der Waals surface area contributed by atoms with Crippen molar-refractivity contribution < 1.29 is 4.74 Å². The highest BCUT2D eigenvalue weighted by Gasteiger charge is 2.59. The first-order chi connectivity index (χ1) is 14.3. The van der Waals surface area contributed by atoms with Crippen LogP contribution in [0.25, 0.3) is 0 Å². The smallest absolute Gasteiger partial charge is 0.124 e. The SMILES string of the molecule is Cc1ccccc1COc1ccc(Br)cc1CNC12CC3CC(C)(CC(C)(C3)C1)C2. The fraction of sp³-hybridized carbons (Fsp3) is 0.556. The molecule has 2 nitrogen and oxygen atoms in total. The van der Waals surface area contributed by atoms with Crippen molar-refractivity contribution in [3.05, 3.63) is 63.6 Å². The summed E-state index contributed by atoms with van der Waals surface area (Å²) in [6.07, 6.45) is 8.31. The number of halogens is 1. The quantitative estimate of drug-likeness (QED) is 0.485. The van der Waals surface area contributed by atoms with Crippen LogP contribution in [0.3, 0.4) is 0 Å². The van der Waals surface area contributed by atoms with E-state index in [1.54, 1.807) is 0 Å². The molecule has 4 bridgehead atoms. The van der Waals surface area contributed by atoms with E-state index < -0.39 is 0 Å². The summed E-state index contributed by atoms with van der Waals surface area (Å²) in [6.45, 7) is 8.73. The second-order valence-corrected chi connectivity index (χ2v) is 12.1. The molecule has 2 atom stereocenters. The third kappa shape index (κ3) is 3.96. The Morgan fingerprint density at radius 1 is 0.967 bits per heavy atom. The Kier molecular flexibility index (Phi) is 5.06. The molecule has 160 valence electrons. The summed E-state index contributed by atoms with van der Waals surface area (Å²) in [4.78, 5) is 0. The lowest BCUT2D eigenvalue weighted by Crippen LogP contribution is -2.63. The molecule has 0 heterocycles. The van der Waals surface area contributed by atoms with Crippen molar-refractivity contribution in [2.24, 2.45) is 16.7 Å². The highest BCUT2D eigenvalue weighted by atomic mass is 79.9. The molecule has 0 saturated heterocycles. The van der Waals surface area contributed by atoms with Gasteiger partial charge in [-0.25, -0.2) is 0 Å². The van der Waals surface area contributed by atoms with E-state index in [4.69, 9.17) is 4.74 Å².